The Bertz CT molecular complexity index is 3280. The molecule has 0 radical (unpaired) electrons. The molecule has 0 aliphatic carbocycles. The van der Waals surface area contributed by atoms with Crippen LogP contribution in [0.15, 0.2) is 107 Å². The molecule has 10 atom stereocenters. The van der Waals surface area contributed by atoms with Crippen LogP contribution < -0.4 is 99.6 Å². The maximum absolute atomic E-state index is 13.8. The molecule has 4 aromatic rings. The van der Waals surface area contributed by atoms with E-state index >= 15 is 0 Å². The van der Waals surface area contributed by atoms with Crippen LogP contribution in [0, 0.1) is 23.7 Å². The van der Waals surface area contributed by atoms with E-state index < -0.39 is 102 Å². The van der Waals surface area contributed by atoms with Gasteiger partial charge in [0.15, 0.2) is 12.6 Å². The van der Waals surface area contributed by atoms with Crippen LogP contribution in [-0.4, -0.2) is 177 Å². The number of aliphatic hydroxyl groups is 2. The van der Waals surface area contributed by atoms with Gasteiger partial charge in [0.25, 0.3) is 0 Å². The average Bonchev–Trinajstić information content (AvgIpc) is 1.52. The van der Waals surface area contributed by atoms with Crippen LogP contribution in [0.2, 0.25) is 0 Å². The molecule has 2 amide bonds. The van der Waals surface area contributed by atoms with Gasteiger partial charge in [0, 0.05) is 26.2 Å². The molecule has 4 fully saturated rings. The molecule has 4 heterocycles. The predicted octanol–water partition coefficient (Wildman–Crippen LogP) is -1.32. The molecule has 0 saturated carbocycles. The Morgan fingerprint density at radius 1 is 0.581 bits per heavy atom. The van der Waals surface area contributed by atoms with Gasteiger partial charge in [0.2, 0.25) is 20.0 Å². The number of hydrogen-bond donors (Lipinski definition) is 4. The quantitative estimate of drug-likeness (QED) is 0.0347. The topological polar surface area (TPSA) is 346 Å². The normalized spacial score (nSPS) is 20.8. The van der Waals surface area contributed by atoms with E-state index in [0.717, 1.165) is 16.4 Å². The molecule has 93 heavy (non-hydrogen) atoms. The Morgan fingerprint density at radius 3 is 1.26 bits per heavy atom. The Balaban J connectivity index is 0.000000385. The smallest absolute Gasteiger partial charge is 0.807 e. The standard InChI is InChI=1S/C32H47N2O11PS.C28H39N2O11PS.CH4.2Na/c1-6-43-46(37,44-7-2)25-12-8-23(9-13-25)18-28(33-32(36)45-30-21-42-31-27(30)16-17-41-31)29(35)20-34(19-22(3)4)47(38,39)26-14-10-24(40-5)11-15-26;1-18(2)15-30(43(36,37)22-10-6-20(38-3)7-11-22)16-25(31)24(14-19-4-8-21(9-5-19)42(33,34)35)29-28(32)41-26-17-40-27-23(26)12-13-39-27;;;/h8-15,22,27-31,35H,6-7,16-21H2,1-5H3,(H,33,36);4-11,18,23-27,31H,12-17H2,1-3H3,(H,29,32)(H2,33,34,35);1H4;;/q;;;2*+1/p-2/t27-,28-,29+,30-,31+;23-,24-,25+,26-,27+;;;/m00.../s1. The van der Waals surface area contributed by atoms with Gasteiger partial charge in [-0.1, -0.05) is 71.5 Å². The number of amides is 2. The van der Waals surface area contributed by atoms with Crippen molar-refractivity contribution in [2.24, 2.45) is 23.7 Å². The number of sulfonamides is 2. The molecule has 0 unspecified atom stereocenters. The molecule has 4 saturated heterocycles. The summed E-state index contributed by atoms with van der Waals surface area (Å²) in [5.41, 5.74) is 1.17. The van der Waals surface area contributed by atoms with Crippen molar-refractivity contribution in [3.63, 3.8) is 0 Å². The maximum Gasteiger partial charge on any atom is 1.00 e. The molecule has 8 rings (SSSR count). The summed E-state index contributed by atoms with van der Waals surface area (Å²) in [5.74, 6) is 0.635. The van der Waals surface area contributed by atoms with E-state index in [9.17, 15) is 55.6 Å². The number of fused-ring (bicyclic) bond motifs is 2. The second kappa shape index (κ2) is 37.7. The molecule has 0 bridgehead atoms. The van der Waals surface area contributed by atoms with Crippen molar-refractivity contribution >= 4 is 58.0 Å². The van der Waals surface area contributed by atoms with Crippen LogP contribution in [0.1, 0.15) is 72.9 Å². The van der Waals surface area contributed by atoms with Crippen molar-refractivity contribution in [3.05, 3.63) is 108 Å². The number of carbonyl (C=O) groups is 2. The summed E-state index contributed by atoms with van der Waals surface area (Å²) >= 11 is 0. The SMILES string of the molecule is C.CCOP(=O)(OCC)c1ccc(C[C@H](NC(=O)O[C@H]2CO[C@H]3OCC[C@H]32)[C@H](O)CN(CC(C)C)S(=O)(=O)c2ccc(OC)cc2)cc1.COc1ccc(S(=O)(=O)N(CC(C)C)C[C@@H](O)[C@H](Cc2ccc(P(=O)([O-])[O-])cc2)NC(=O)O[C@H]2CO[C@H]3OCC[C@H]32)cc1.[Na+].[Na+]. The van der Waals surface area contributed by atoms with Crippen molar-refractivity contribution in [3.8, 4) is 11.5 Å². The van der Waals surface area contributed by atoms with Gasteiger partial charge >= 0.3 is 78.9 Å². The Labute approximate surface area is 591 Å². The van der Waals surface area contributed by atoms with Crippen molar-refractivity contribution in [1.82, 2.24) is 19.2 Å². The first-order chi connectivity index (χ1) is 42.7. The zero-order valence-electron chi connectivity index (χ0n) is 53.7. The van der Waals surface area contributed by atoms with Crippen molar-refractivity contribution in [2.75, 3.05) is 80.0 Å². The molecule has 0 spiro atoms. The fraction of sp³-hybridized carbons (Fsp3) is 0.574. The summed E-state index contributed by atoms with van der Waals surface area (Å²) < 4.78 is 136. The van der Waals surface area contributed by atoms with Crippen LogP contribution in [0.4, 0.5) is 9.59 Å². The summed E-state index contributed by atoms with van der Waals surface area (Å²) in [6.07, 6.45) is -4.82. The van der Waals surface area contributed by atoms with Crippen LogP contribution in [0.25, 0.3) is 0 Å². The van der Waals surface area contributed by atoms with Crippen LogP contribution in [0.5, 0.6) is 11.5 Å². The van der Waals surface area contributed by atoms with E-state index in [2.05, 4.69) is 10.6 Å². The fourth-order valence-corrected chi connectivity index (χ4v) is 16.1. The van der Waals surface area contributed by atoms with Gasteiger partial charge in [-0.15, -0.1) is 0 Å². The van der Waals surface area contributed by atoms with Gasteiger partial charge in [0.1, 0.15) is 23.7 Å². The number of rotatable bonds is 30. The molecule has 0 aromatic heterocycles. The Kier molecular flexibility index (Phi) is 33.4. The summed E-state index contributed by atoms with van der Waals surface area (Å²) in [6, 6.07) is 21.6. The summed E-state index contributed by atoms with van der Waals surface area (Å²) in [7, 11) is -13.6. The zero-order chi connectivity index (χ0) is 65.6. The molecular formula is C61H88N4Na2O22P2S2. The fourth-order valence-electron chi connectivity index (χ4n) is 10.8. The number of nitrogens with zero attached hydrogens (tertiary/aromatic N) is 2. The molecule has 4 aliphatic heterocycles. The Hall–Kier alpha value is -3.10. The third-order valence-corrected chi connectivity index (χ3v) is 22.1. The van der Waals surface area contributed by atoms with E-state index in [1.807, 2.05) is 27.7 Å². The summed E-state index contributed by atoms with van der Waals surface area (Å²) in [4.78, 5) is 49.1. The molecule has 32 heteroatoms. The number of alkyl carbamates (subject to hydrolysis) is 2. The van der Waals surface area contributed by atoms with Gasteiger partial charge in [-0.25, -0.2) is 26.4 Å². The number of methoxy groups -OCH3 is 2. The number of nitrogens with one attached hydrogen (secondary N) is 2. The van der Waals surface area contributed by atoms with Gasteiger partial charge in [-0.2, -0.15) is 8.61 Å². The van der Waals surface area contributed by atoms with E-state index in [4.69, 9.17) is 46.9 Å². The third-order valence-electron chi connectivity index (χ3n) is 15.4. The van der Waals surface area contributed by atoms with Crippen molar-refractivity contribution in [2.45, 2.75) is 134 Å². The monoisotopic (exact) mass is 1400 g/mol. The molecule has 26 nitrogen and oxygen atoms in total. The van der Waals surface area contributed by atoms with E-state index in [1.165, 1.54) is 67.1 Å². The van der Waals surface area contributed by atoms with Gasteiger partial charge in [-0.3, -0.25) is 4.57 Å². The van der Waals surface area contributed by atoms with Crippen LogP contribution >= 0.6 is 15.2 Å². The van der Waals surface area contributed by atoms with Crippen LogP contribution in [-0.2, 0) is 79.5 Å². The number of ether oxygens (including phenoxy) is 8. The van der Waals surface area contributed by atoms with E-state index in [0.29, 0.717) is 54.0 Å². The molecular weight excluding hydrogens is 1310 g/mol. The minimum Gasteiger partial charge on any atom is -0.807 e. The molecule has 508 valence electrons. The second-order valence-electron chi connectivity index (χ2n) is 22.9. The second-order valence-corrected chi connectivity index (χ2v) is 30.3. The van der Waals surface area contributed by atoms with Gasteiger partial charge < -0.3 is 82.1 Å². The minimum absolute atomic E-state index is 0. The van der Waals surface area contributed by atoms with E-state index in [-0.39, 0.29) is 165 Å². The van der Waals surface area contributed by atoms with Crippen LogP contribution in [0.3, 0.4) is 0 Å². The maximum atomic E-state index is 13.8. The average molecular weight is 1400 g/mol. The molecule has 4 N–H and O–H groups in total. The Morgan fingerprint density at radius 2 is 0.935 bits per heavy atom. The van der Waals surface area contributed by atoms with Crippen molar-refractivity contribution < 1.29 is 162 Å². The first-order valence-corrected chi connectivity index (χ1v) is 35.8. The summed E-state index contributed by atoms with van der Waals surface area (Å²) in [5, 5.41) is 28.4. The number of hydrogen-bond acceptors (Lipinski definition) is 22. The van der Waals surface area contributed by atoms with Gasteiger partial charge in [0.05, 0.1) is 105 Å². The molecule has 4 aromatic carbocycles. The third kappa shape index (κ3) is 23.0. The number of benzene rings is 4. The first-order valence-electron chi connectivity index (χ1n) is 29.8. The largest absolute Gasteiger partial charge is 1.00 e. The molecule has 4 aliphatic rings. The summed E-state index contributed by atoms with van der Waals surface area (Å²) in [6.45, 7) is 12.2. The number of aliphatic hydroxyl groups excluding tert-OH is 2. The minimum atomic E-state index is -4.97. The predicted molar refractivity (Wildman–Crippen MR) is 332 cm³/mol. The first kappa shape index (κ1) is 82.3. The number of carbonyl (C=O) groups excluding carboxylic acids is 2. The van der Waals surface area contributed by atoms with Crippen molar-refractivity contribution in [1.29, 1.82) is 0 Å². The van der Waals surface area contributed by atoms with E-state index in [1.54, 1.807) is 50.2 Å². The zero-order valence-corrected chi connectivity index (χ0v) is 61.2. The van der Waals surface area contributed by atoms with Gasteiger partial charge in [-0.05, 0) is 136 Å².